The quantitative estimate of drug-likeness (QED) is 0.513. The molecule has 0 amide bonds. The first-order chi connectivity index (χ1) is 3.27. The minimum Gasteiger partial charge on any atom is -0.361 e. The topological polar surface area (TPSA) is 35.2 Å². The number of nitrogens with two attached hydrogens (primary N) is 1. The Morgan fingerprint density at radius 1 is 1.71 bits per heavy atom. The van der Waals surface area contributed by atoms with Crippen LogP contribution in [-0.4, -0.2) is 12.3 Å². The Kier molecular flexibility index (Phi) is 1.05. The number of rotatable bonds is 2. The van der Waals surface area contributed by atoms with Crippen molar-refractivity contribution in [1.29, 1.82) is 0 Å². The van der Waals surface area contributed by atoms with Crippen LogP contribution in [0.4, 0.5) is 0 Å². The smallest absolute Gasteiger partial charge is 0.117 e. The van der Waals surface area contributed by atoms with E-state index in [0.717, 1.165) is 19.4 Å². The van der Waals surface area contributed by atoms with Crippen LogP contribution in [0.25, 0.3) is 0 Å². The Bertz CT molecular complexity index is 68.5. The molecule has 0 aliphatic heterocycles. The molecule has 2 N–H and O–H groups in total. The summed E-state index contributed by atoms with van der Waals surface area (Å²) < 4.78 is 5.12. The predicted octanol–water partition coefficient (Wildman–Crippen LogP) is 0.472. The maximum absolute atomic E-state index is 5.53. The van der Waals surface area contributed by atoms with Gasteiger partial charge in [-0.3, -0.25) is 0 Å². The van der Waals surface area contributed by atoms with Gasteiger partial charge >= 0.3 is 0 Å². The molecule has 1 aliphatic carbocycles. The van der Waals surface area contributed by atoms with Gasteiger partial charge < -0.3 is 10.5 Å². The fourth-order valence-electron chi connectivity index (χ4n) is 0.555. The molecule has 0 bridgehead atoms. The summed E-state index contributed by atoms with van der Waals surface area (Å²) in [6.07, 6.45) is 2.08. The summed E-state index contributed by atoms with van der Waals surface area (Å²) in [6, 6.07) is 0. The highest BCUT2D eigenvalue weighted by atomic mass is 16.5. The summed E-state index contributed by atoms with van der Waals surface area (Å²) in [7, 11) is 0. The first-order valence-corrected chi connectivity index (χ1v) is 2.70. The van der Waals surface area contributed by atoms with Gasteiger partial charge in [0.05, 0.1) is 0 Å². The minimum atomic E-state index is -0.200. The number of hydrogen-bond acceptors (Lipinski definition) is 2. The first kappa shape index (κ1) is 5.06. The monoisotopic (exact) mass is 101 g/mol. The lowest BCUT2D eigenvalue weighted by Gasteiger charge is -2.05. The van der Waals surface area contributed by atoms with Crippen molar-refractivity contribution in [2.24, 2.45) is 5.73 Å². The van der Waals surface area contributed by atoms with Crippen LogP contribution >= 0.6 is 0 Å². The van der Waals surface area contributed by atoms with E-state index in [9.17, 15) is 0 Å². The maximum Gasteiger partial charge on any atom is 0.117 e. The van der Waals surface area contributed by atoms with Crippen molar-refractivity contribution >= 4 is 0 Å². The summed E-state index contributed by atoms with van der Waals surface area (Å²) in [5.41, 5.74) is 5.34. The Morgan fingerprint density at radius 2 is 2.29 bits per heavy atom. The molecule has 0 aromatic carbocycles. The molecule has 0 atom stereocenters. The molecular formula is C5H11NO. The molecule has 42 valence electrons. The van der Waals surface area contributed by atoms with Crippen LogP contribution in [0.5, 0.6) is 0 Å². The van der Waals surface area contributed by atoms with Crippen LogP contribution in [0.1, 0.15) is 19.8 Å². The Balaban J connectivity index is 2.13. The second-order valence-electron chi connectivity index (χ2n) is 2.00. The summed E-state index contributed by atoms with van der Waals surface area (Å²) in [5, 5.41) is 0. The SMILES string of the molecule is CCOC1(N)CC1. The van der Waals surface area contributed by atoms with Gasteiger partial charge in [-0.05, 0) is 19.8 Å². The van der Waals surface area contributed by atoms with Crippen molar-refractivity contribution in [3.63, 3.8) is 0 Å². The Morgan fingerprint density at radius 3 is 2.43 bits per heavy atom. The third-order valence-corrected chi connectivity index (χ3v) is 1.17. The van der Waals surface area contributed by atoms with E-state index >= 15 is 0 Å². The molecule has 0 spiro atoms. The van der Waals surface area contributed by atoms with Crippen LogP contribution in [0.2, 0.25) is 0 Å². The van der Waals surface area contributed by atoms with Gasteiger partial charge in [0.25, 0.3) is 0 Å². The Hall–Kier alpha value is -0.0800. The van der Waals surface area contributed by atoms with Crippen LogP contribution in [0.15, 0.2) is 0 Å². The highest BCUT2D eigenvalue weighted by molar-refractivity contribution is 4.88. The average molecular weight is 101 g/mol. The second kappa shape index (κ2) is 1.46. The molecule has 0 saturated heterocycles. The Labute approximate surface area is 43.6 Å². The molecule has 1 saturated carbocycles. The third kappa shape index (κ3) is 1.14. The van der Waals surface area contributed by atoms with Crippen LogP contribution in [0, 0.1) is 0 Å². The molecule has 0 aromatic heterocycles. The van der Waals surface area contributed by atoms with Gasteiger partial charge in [-0.15, -0.1) is 0 Å². The van der Waals surface area contributed by atoms with E-state index in [0.29, 0.717) is 0 Å². The minimum absolute atomic E-state index is 0.200. The lowest BCUT2D eigenvalue weighted by Crippen LogP contribution is -2.25. The molecule has 1 aliphatic rings. The highest BCUT2D eigenvalue weighted by Crippen LogP contribution is 2.32. The zero-order valence-electron chi connectivity index (χ0n) is 4.61. The average Bonchev–Trinajstić information content (AvgIpc) is 2.22. The largest absolute Gasteiger partial charge is 0.361 e. The van der Waals surface area contributed by atoms with Crippen LogP contribution < -0.4 is 5.73 Å². The summed E-state index contributed by atoms with van der Waals surface area (Å²) in [4.78, 5) is 0. The molecule has 1 rings (SSSR count). The molecule has 0 unspecified atom stereocenters. The highest BCUT2D eigenvalue weighted by Gasteiger charge is 2.38. The van der Waals surface area contributed by atoms with Crippen LogP contribution in [-0.2, 0) is 4.74 Å². The van der Waals surface area contributed by atoms with Gasteiger partial charge in [0.15, 0.2) is 0 Å². The van der Waals surface area contributed by atoms with E-state index in [1.165, 1.54) is 0 Å². The molecule has 1 fully saturated rings. The van der Waals surface area contributed by atoms with E-state index in [4.69, 9.17) is 10.5 Å². The third-order valence-electron chi connectivity index (χ3n) is 1.17. The van der Waals surface area contributed by atoms with E-state index in [2.05, 4.69) is 0 Å². The van der Waals surface area contributed by atoms with E-state index in [1.807, 2.05) is 6.92 Å². The van der Waals surface area contributed by atoms with Gasteiger partial charge in [-0.2, -0.15) is 0 Å². The molecule has 0 heterocycles. The fourth-order valence-corrected chi connectivity index (χ4v) is 0.555. The molecule has 0 aromatic rings. The van der Waals surface area contributed by atoms with Crippen molar-refractivity contribution < 1.29 is 4.74 Å². The predicted molar refractivity (Wildman–Crippen MR) is 27.8 cm³/mol. The van der Waals surface area contributed by atoms with Gasteiger partial charge in [0, 0.05) is 6.61 Å². The molecule has 2 nitrogen and oxygen atoms in total. The fraction of sp³-hybridized carbons (Fsp3) is 1.00. The molecule has 2 heteroatoms. The van der Waals surface area contributed by atoms with Crippen molar-refractivity contribution in [3.8, 4) is 0 Å². The van der Waals surface area contributed by atoms with Gasteiger partial charge in [-0.25, -0.2) is 0 Å². The van der Waals surface area contributed by atoms with E-state index < -0.39 is 0 Å². The summed E-state index contributed by atoms with van der Waals surface area (Å²) in [6.45, 7) is 2.71. The van der Waals surface area contributed by atoms with Crippen molar-refractivity contribution in [1.82, 2.24) is 0 Å². The van der Waals surface area contributed by atoms with Gasteiger partial charge in [0.2, 0.25) is 0 Å². The number of ether oxygens (including phenoxy) is 1. The van der Waals surface area contributed by atoms with E-state index in [1.54, 1.807) is 0 Å². The summed E-state index contributed by atoms with van der Waals surface area (Å²) in [5.74, 6) is 0. The van der Waals surface area contributed by atoms with Gasteiger partial charge in [-0.1, -0.05) is 0 Å². The van der Waals surface area contributed by atoms with Crippen LogP contribution in [0.3, 0.4) is 0 Å². The summed E-state index contributed by atoms with van der Waals surface area (Å²) >= 11 is 0. The van der Waals surface area contributed by atoms with Gasteiger partial charge in [0.1, 0.15) is 5.72 Å². The standard InChI is InChI=1S/C5H11NO/c1-2-7-5(6)3-4-5/h2-4,6H2,1H3. The van der Waals surface area contributed by atoms with Crippen molar-refractivity contribution in [2.75, 3.05) is 6.61 Å². The lowest BCUT2D eigenvalue weighted by atomic mass is 10.6. The second-order valence-corrected chi connectivity index (χ2v) is 2.00. The molecule has 0 radical (unpaired) electrons. The normalized spacial score (nSPS) is 24.9. The zero-order chi connectivity index (χ0) is 5.33. The number of hydrogen-bond donors (Lipinski definition) is 1. The molecular weight excluding hydrogens is 90.1 g/mol. The van der Waals surface area contributed by atoms with Crippen molar-refractivity contribution in [3.05, 3.63) is 0 Å². The zero-order valence-corrected chi connectivity index (χ0v) is 4.61. The maximum atomic E-state index is 5.53. The first-order valence-electron chi connectivity index (χ1n) is 2.70. The van der Waals surface area contributed by atoms with E-state index in [-0.39, 0.29) is 5.72 Å². The van der Waals surface area contributed by atoms with Crippen molar-refractivity contribution in [2.45, 2.75) is 25.5 Å². The lowest BCUT2D eigenvalue weighted by molar-refractivity contribution is 0.0471. The molecule has 7 heavy (non-hydrogen) atoms.